The Hall–Kier alpha value is -1.85. The first-order valence-corrected chi connectivity index (χ1v) is 6.78. The van der Waals surface area contributed by atoms with Crippen LogP contribution < -0.4 is 5.32 Å². The first-order chi connectivity index (χ1) is 9.66. The Morgan fingerprint density at radius 1 is 1.45 bits per heavy atom. The van der Waals surface area contributed by atoms with E-state index in [1.807, 2.05) is 30.5 Å². The number of benzene rings is 1. The van der Waals surface area contributed by atoms with Crippen LogP contribution in [0, 0.1) is 0 Å². The molecule has 0 aliphatic carbocycles. The third-order valence-electron chi connectivity index (χ3n) is 3.72. The van der Waals surface area contributed by atoms with Crippen molar-refractivity contribution in [2.24, 2.45) is 0 Å². The fraction of sp³-hybridized carbons (Fsp3) is 0.400. The average molecular weight is 274 g/mol. The minimum Gasteiger partial charge on any atom is -0.386 e. The number of amides is 1. The molecule has 2 heterocycles. The number of fused-ring (bicyclic) bond motifs is 1. The van der Waals surface area contributed by atoms with Gasteiger partial charge in [-0.05, 0) is 11.6 Å². The smallest absolute Gasteiger partial charge is 0.224 e. The average Bonchev–Trinajstić information content (AvgIpc) is 3.05. The number of rotatable bonds is 4. The van der Waals surface area contributed by atoms with Crippen LogP contribution in [0.3, 0.4) is 0 Å². The predicted molar refractivity (Wildman–Crippen MR) is 75.4 cm³/mol. The maximum absolute atomic E-state index is 12.0. The van der Waals surface area contributed by atoms with E-state index in [9.17, 15) is 9.90 Å². The van der Waals surface area contributed by atoms with E-state index in [0.717, 1.165) is 16.5 Å². The van der Waals surface area contributed by atoms with Crippen LogP contribution in [0.1, 0.15) is 12.0 Å². The molecule has 0 saturated carbocycles. The van der Waals surface area contributed by atoms with E-state index in [1.165, 1.54) is 0 Å². The Morgan fingerprint density at radius 3 is 3.10 bits per heavy atom. The van der Waals surface area contributed by atoms with Crippen LogP contribution in [-0.4, -0.2) is 41.4 Å². The third kappa shape index (κ3) is 2.69. The topological polar surface area (TPSA) is 74.4 Å². The van der Waals surface area contributed by atoms with Crippen molar-refractivity contribution in [1.29, 1.82) is 0 Å². The molecule has 3 rings (SSSR count). The minimum atomic E-state index is -0.907. The van der Waals surface area contributed by atoms with Crippen molar-refractivity contribution in [3.63, 3.8) is 0 Å². The quantitative estimate of drug-likeness (QED) is 0.778. The second-order valence-electron chi connectivity index (χ2n) is 5.34. The SMILES string of the molecule is O=C(Cc1c[nH]c2ccccc12)NCC1(O)CCOC1. The molecule has 1 unspecified atom stereocenters. The normalized spacial score (nSPS) is 22.2. The zero-order valence-electron chi connectivity index (χ0n) is 11.2. The summed E-state index contributed by atoms with van der Waals surface area (Å²) in [5, 5.41) is 13.9. The molecule has 1 aromatic heterocycles. The lowest BCUT2D eigenvalue weighted by molar-refractivity contribution is -0.121. The Labute approximate surface area is 116 Å². The van der Waals surface area contributed by atoms with Crippen molar-refractivity contribution in [2.45, 2.75) is 18.4 Å². The van der Waals surface area contributed by atoms with Crippen LogP contribution in [0.2, 0.25) is 0 Å². The van der Waals surface area contributed by atoms with Gasteiger partial charge in [-0.25, -0.2) is 0 Å². The summed E-state index contributed by atoms with van der Waals surface area (Å²) in [5.74, 6) is -0.0879. The summed E-state index contributed by atoms with van der Waals surface area (Å²) < 4.78 is 5.15. The largest absolute Gasteiger partial charge is 0.386 e. The van der Waals surface area contributed by atoms with Gasteiger partial charge in [-0.15, -0.1) is 0 Å². The van der Waals surface area contributed by atoms with E-state index < -0.39 is 5.60 Å². The number of aromatic amines is 1. The van der Waals surface area contributed by atoms with Gasteiger partial charge in [-0.1, -0.05) is 18.2 Å². The molecule has 3 N–H and O–H groups in total. The number of nitrogens with one attached hydrogen (secondary N) is 2. The highest BCUT2D eigenvalue weighted by atomic mass is 16.5. The monoisotopic (exact) mass is 274 g/mol. The predicted octanol–water partition coefficient (Wildman–Crippen LogP) is 0.978. The minimum absolute atomic E-state index is 0.0879. The Bertz CT molecular complexity index is 614. The number of aromatic nitrogens is 1. The van der Waals surface area contributed by atoms with Crippen molar-refractivity contribution in [1.82, 2.24) is 10.3 Å². The molecule has 20 heavy (non-hydrogen) atoms. The van der Waals surface area contributed by atoms with Gasteiger partial charge in [0, 0.05) is 36.7 Å². The van der Waals surface area contributed by atoms with E-state index in [4.69, 9.17) is 4.74 Å². The summed E-state index contributed by atoms with van der Waals surface area (Å²) in [7, 11) is 0. The third-order valence-corrected chi connectivity index (χ3v) is 3.72. The molecule has 5 nitrogen and oxygen atoms in total. The summed E-state index contributed by atoms with van der Waals surface area (Å²) >= 11 is 0. The van der Waals surface area contributed by atoms with E-state index in [0.29, 0.717) is 26.1 Å². The number of H-pyrrole nitrogens is 1. The molecule has 0 bridgehead atoms. The highest BCUT2D eigenvalue weighted by Crippen LogP contribution is 2.19. The van der Waals surface area contributed by atoms with E-state index in [2.05, 4.69) is 10.3 Å². The molecule has 1 aliphatic heterocycles. The van der Waals surface area contributed by atoms with Crippen LogP contribution in [0.15, 0.2) is 30.5 Å². The van der Waals surface area contributed by atoms with E-state index in [-0.39, 0.29) is 12.5 Å². The Morgan fingerprint density at radius 2 is 2.30 bits per heavy atom. The lowest BCUT2D eigenvalue weighted by Crippen LogP contribution is -2.43. The molecule has 1 saturated heterocycles. The molecule has 5 heteroatoms. The molecule has 2 aromatic rings. The van der Waals surface area contributed by atoms with Gasteiger partial charge in [0.25, 0.3) is 0 Å². The summed E-state index contributed by atoms with van der Waals surface area (Å²) in [4.78, 5) is 15.1. The molecular formula is C15H18N2O3. The van der Waals surface area contributed by atoms with Gasteiger partial charge >= 0.3 is 0 Å². The molecule has 1 fully saturated rings. The summed E-state index contributed by atoms with van der Waals surface area (Å²) in [6.07, 6.45) is 2.74. The van der Waals surface area contributed by atoms with Crippen molar-refractivity contribution < 1.29 is 14.6 Å². The van der Waals surface area contributed by atoms with Crippen LogP contribution in [0.4, 0.5) is 0 Å². The molecule has 1 aliphatic rings. The Balaban J connectivity index is 1.61. The van der Waals surface area contributed by atoms with Crippen LogP contribution >= 0.6 is 0 Å². The molecular weight excluding hydrogens is 256 g/mol. The van der Waals surface area contributed by atoms with Gasteiger partial charge < -0.3 is 20.1 Å². The zero-order chi connectivity index (χ0) is 14.0. The van der Waals surface area contributed by atoms with E-state index in [1.54, 1.807) is 0 Å². The lowest BCUT2D eigenvalue weighted by atomic mass is 10.0. The second-order valence-corrected chi connectivity index (χ2v) is 5.34. The van der Waals surface area contributed by atoms with Crippen molar-refractivity contribution >= 4 is 16.8 Å². The standard InChI is InChI=1S/C15H18N2O3/c18-14(17-9-15(19)5-6-20-10-15)7-11-8-16-13-4-2-1-3-12(11)13/h1-4,8,16,19H,5-7,9-10H2,(H,17,18). The van der Waals surface area contributed by atoms with Gasteiger partial charge in [0.05, 0.1) is 13.0 Å². The molecule has 0 radical (unpaired) electrons. The number of carbonyl (C=O) groups is 1. The maximum Gasteiger partial charge on any atom is 0.224 e. The number of carbonyl (C=O) groups excluding carboxylic acids is 1. The first kappa shape index (κ1) is 13.1. The summed E-state index contributed by atoms with van der Waals surface area (Å²) in [6, 6.07) is 7.89. The Kier molecular flexibility index (Phi) is 3.46. The fourth-order valence-electron chi connectivity index (χ4n) is 2.51. The van der Waals surface area contributed by atoms with Gasteiger partial charge in [0.1, 0.15) is 5.60 Å². The molecule has 1 amide bonds. The second kappa shape index (κ2) is 5.26. The van der Waals surface area contributed by atoms with Gasteiger partial charge in [0.2, 0.25) is 5.91 Å². The maximum atomic E-state index is 12.0. The van der Waals surface area contributed by atoms with Gasteiger partial charge in [-0.2, -0.15) is 0 Å². The lowest BCUT2D eigenvalue weighted by Gasteiger charge is -2.20. The molecule has 0 spiro atoms. The number of aliphatic hydroxyl groups is 1. The van der Waals surface area contributed by atoms with Crippen molar-refractivity contribution in [2.75, 3.05) is 19.8 Å². The molecule has 1 aromatic carbocycles. The highest BCUT2D eigenvalue weighted by Gasteiger charge is 2.32. The van der Waals surface area contributed by atoms with Crippen LogP contribution in [0.25, 0.3) is 10.9 Å². The van der Waals surface area contributed by atoms with Gasteiger partial charge in [0.15, 0.2) is 0 Å². The fourth-order valence-corrected chi connectivity index (χ4v) is 2.51. The number of hydrogen-bond acceptors (Lipinski definition) is 3. The van der Waals surface area contributed by atoms with Crippen LogP contribution in [0.5, 0.6) is 0 Å². The summed E-state index contributed by atoms with van der Waals surface area (Å²) in [6.45, 7) is 1.09. The van der Waals surface area contributed by atoms with Crippen molar-refractivity contribution in [3.05, 3.63) is 36.0 Å². The number of hydrogen-bond donors (Lipinski definition) is 3. The van der Waals surface area contributed by atoms with Crippen LogP contribution in [-0.2, 0) is 16.0 Å². The van der Waals surface area contributed by atoms with Crippen molar-refractivity contribution in [3.8, 4) is 0 Å². The van der Waals surface area contributed by atoms with Gasteiger partial charge in [-0.3, -0.25) is 4.79 Å². The highest BCUT2D eigenvalue weighted by molar-refractivity contribution is 5.88. The number of para-hydroxylation sites is 1. The summed E-state index contributed by atoms with van der Waals surface area (Å²) in [5.41, 5.74) is 1.08. The molecule has 106 valence electrons. The first-order valence-electron chi connectivity index (χ1n) is 6.78. The van der Waals surface area contributed by atoms with E-state index >= 15 is 0 Å². The zero-order valence-corrected chi connectivity index (χ0v) is 11.2. The number of ether oxygens (including phenoxy) is 1. The molecule has 1 atom stereocenters.